The molecule has 1 aromatic rings. The maximum atomic E-state index is 10.5. The first kappa shape index (κ1) is 12.3. The van der Waals surface area contributed by atoms with Crippen molar-refractivity contribution in [1.29, 1.82) is 0 Å². The summed E-state index contributed by atoms with van der Waals surface area (Å²) in [6.07, 6.45) is -1.25. The van der Waals surface area contributed by atoms with Gasteiger partial charge in [0.05, 0.1) is 0 Å². The van der Waals surface area contributed by atoms with Crippen molar-refractivity contribution < 1.29 is 20.1 Å². The molecule has 1 rings (SSSR count). The minimum Gasteiger partial charge on any atom is -0.508 e. The second-order valence-electron chi connectivity index (χ2n) is 3.36. The van der Waals surface area contributed by atoms with Crippen LogP contribution in [-0.2, 0) is 11.3 Å². The molecule has 1 amide bonds. The first-order valence-electron chi connectivity index (χ1n) is 4.69. The summed E-state index contributed by atoms with van der Waals surface area (Å²) in [5.74, 6) is -0.887. The van der Waals surface area contributed by atoms with Crippen LogP contribution in [0.5, 0.6) is 11.5 Å². The van der Waals surface area contributed by atoms with Crippen molar-refractivity contribution >= 4 is 5.91 Å². The van der Waals surface area contributed by atoms with Gasteiger partial charge in [-0.1, -0.05) is 6.07 Å². The molecule has 6 heteroatoms. The molecule has 16 heavy (non-hydrogen) atoms. The molecule has 0 aliphatic rings. The minimum atomic E-state index is -1.25. The van der Waals surface area contributed by atoms with E-state index < -0.39 is 12.0 Å². The van der Waals surface area contributed by atoms with Gasteiger partial charge in [-0.2, -0.15) is 0 Å². The summed E-state index contributed by atoms with van der Waals surface area (Å²) in [7, 11) is 0. The van der Waals surface area contributed by atoms with Gasteiger partial charge in [0.15, 0.2) is 0 Å². The molecular formula is C10H14N2O4. The molecule has 0 aliphatic heterocycles. The lowest BCUT2D eigenvalue weighted by atomic mass is 10.2. The van der Waals surface area contributed by atoms with Gasteiger partial charge in [-0.25, -0.2) is 0 Å². The molecular weight excluding hydrogens is 212 g/mol. The van der Waals surface area contributed by atoms with Crippen LogP contribution in [0, 0.1) is 0 Å². The molecule has 0 aromatic heterocycles. The average molecular weight is 226 g/mol. The molecule has 0 fully saturated rings. The third-order valence-electron chi connectivity index (χ3n) is 2.05. The Balaban J connectivity index is 2.46. The number of hydrogen-bond donors (Lipinski definition) is 5. The zero-order valence-electron chi connectivity index (χ0n) is 8.55. The fraction of sp³-hybridized carbons (Fsp3) is 0.300. The maximum Gasteiger partial charge on any atom is 0.247 e. The number of carbonyl (C=O) groups is 1. The Morgan fingerprint density at radius 2 is 2.12 bits per heavy atom. The SMILES string of the molecule is NC(=O)C(O)CNCc1ccc(O)cc1O. The number of amides is 1. The summed E-state index contributed by atoms with van der Waals surface area (Å²) in [6.45, 7) is 0.270. The van der Waals surface area contributed by atoms with E-state index in [1.54, 1.807) is 0 Å². The predicted octanol–water partition coefficient (Wildman–Crippen LogP) is -0.966. The molecule has 0 saturated heterocycles. The minimum absolute atomic E-state index is 0.00957. The molecule has 6 nitrogen and oxygen atoms in total. The lowest BCUT2D eigenvalue weighted by Gasteiger charge is -2.09. The van der Waals surface area contributed by atoms with Crippen molar-refractivity contribution in [2.75, 3.05) is 6.54 Å². The highest BCUT2D eigenvalue weighted by atomic mass is 16.3. The van der Waals surface area contributed by atoms with E-state index in [4.69, 9.17) is 15.9 Å². The van der Waals surface area contributed by atoms with Crippen LogP contribution in [0.2, 0.25) is 0 Å². The summed E-state index contributed by atoms with van der Waals surface area (Å²) in [4.78, 5) is 10.5. The van der Waals surface area contributed by atoms with Crippen LogP contribution in [0.15, 0.2) is 18.2 Å². The lowest BCUT2D eigenvalue weighted by Crippen LogP contribution is -2.37. The van der Waals surface area contributed by atoms with Gasteiger partial charge < -0.3 is 26.4 Å². The number of aromatic hydroxyl groups is 2. The van der Waals surface area contributed by atoms with Crippen LogP contribution in [0.3, 0.4) is 0 Å². The van der Waals surface area contributed by atoms with E-state index in [1.807, 2.05) is 0 Å². The van der Waals surface area contributed by atoms with Crippen LogP contribution < -0.4 is 11.1 Å². The van der Waals surface area contributed by atoms with Crippen molar-refractivity contribution in [3.63, 3.8) is 0 Å². The van der Waals surface area contributed by atoms with E-state index in [0.29, 0.717) is 5.56 Å². The average Bonchev–Trinajstić information content (AvgIpc) is 2.20. The van der Waals surface area contributed by atoms with Gasteiger partial charge in [-0.3, -0.25) is 4.79 Å². The van der Waals surface area contributed by atoms with Gasteiger partial charge >= 0.3 is 0 Å². The number of hydrogen-bond acceptors (Lipinski definition) is 5. The number of nitrogens with two attached hydrogens (primary N) is 1. The van der Waals surface area contributed by atoms with Gasteiger partial charge in [0.1, 0.15) is 17.6 Å². The predicted molar refractivity (Wildman–Crippen MR) is 56.7 cm³/mol. The van der Waals surface area contributed by atoms with E-state index in [9.17, 15) is 9.90 Å². The molecule has 0 bridgehead atoms. The highest BCUT2D eigenvalue weighted by Crippen LogP contribution is 2.21. The third-order valence-corrected chi connectivity index (χ3v) is 2.05. The van der Waals surface area contributed by atoms with Crippen LogP contribution in [0.4, 0.5) is 0 Å². The van der Waals surface area contributed by atoms with Crippen LogP contribution in [-0.4, -0.2) is 33.9 Å². The maximum absolute atomic E-state index is 10.5. The Kier molecular flexibility index (Phi) is 4.10. The summed E-state index contributed by atoms with van der Waals surface area (Å²) >= 11 is 0. The summed E-state index contributed by atoms with van der Waals surface area (Å²) in [5, 5.41) is 30.3. The van der Waals surface area contributed by atoms with Gasteiger partial charge in [-0.05, 0) is 6.07 Å². The first-order valence-corrected chi connectivity index (χ1v) is 4.69. The van der Waals surface area contributed by atoms with Crippen LogP contribution in [0.1, 0.15) is 5.56 Å². The molecule has 6 N–H and O–H groups in total. The molecule has 1 unspecified atom stereocenters. The van der Waals surface area contributed by atoms with Gasteiger partial charge in [0, 0.05) is 24.7 Å². The molecule has 0 spiro atoms. The second-order valence-corrected chi connectivity index (χ2v) is 3.36. The Morgan fingerprint density at radius 1 is 1.44 bits per heavy atom. The monoisotopic (exact) mass is 226 g/mol. The number of benzene rings is 1. The number of phenolic OH excluding ortho intramolecular Hbond substituents is 2. The number of aliphatic hydroxyl groups excluding tert-OH is 1. The summed E-state index contributed by atoms with van der Waals surface area (Å²) in [6, 6.07) is 4.18. The second kappa shape index (κ2) is 5.34. The van der Waals surface area contributed by atoms with Crippen LogP contribution >= 0.6 is 0 Å². The molecule has 1 aromatic carbocycles. The molecule has 0 radical (unpaired) electrons. The van der Waals surface area contributed by atoms with Gasteiger partial charge in [0.2, 0.25) is 5.91 Å². The number of aliphatic hydroxyl groups is 1. The topological polar surface area (TPSA) is 116 Å². The van der Waals surface area contributed by atoms with E-state index in [1.165, 1.54) is 18.2 Å². The number of rotatable bonds is 5. The molecule has 0 heterocycles. The smallest absolute Gasteiger partial charge is 0.247 e. The third kappa shape index (κ3) is 3.41. The standard InChI is InChI=1S/C10H14N2O4/c11-10(16)9(15)5-12-4-6-1-2-7(13)3-8(6)14/h1-3,9,12-15H,4-5H2,(H2,11,16). The van der Waals surface area contributed by atoms with Gasteiger partial charge in [-0.15, -0.1) is 0 Å². The van der Waals surface area contributed by atoms with Crippen molar-refractivity contribution in [1.82, 2.24) is 5.32 Å². The van der Waals surface area contributed by atoms with E-state index in [0.717, 1.165) is 0 Å². The Bertz CT molecular complexity index is 381. The van der Waals surface area contributed by atoms with Gasteiger partial charge in [0.25, 0.3) is 0 Å². The Hall–Kier alpha value is -1.79. The van der Waals surface area contributed by atoms with Crippen molar-refractivity contribution in [3.8, 4) is 11.5 Å². The molecule has 88 valence electrons. The summed E-state index contributed by atoms with van der Waals surface area (Å²) in [5.41, 5.74) is 5.40. The van der Waals surface area contributed by atoms with Crippen molar-refractivity contribution in [2.45, 2.75) is 12.6 Å². The number of primary amides is 1. The number of nitrogens with one attached hydrogen (secondary N) is 1. The summed E-state index contributed by atoms with van der Waals surface area (Å²) < 4.78 is 0. The Morgan fingerprint density at radius 3 is 2.69 bits per heavy atom. The number of carbonyl (C=O) groups excluding carboxylic acids is 1. The van der Waals surface area contributed by atoms with E-state index in [-0.39, 0.29) is 24.6 Å². The molecule has 1 atom stereocenters. The van der Waals surface area contributed by atoms with Crippen molar-refractivity contribution in [2.24, 2.45) is 5.73 Å². The zero-order chi connectivity index (χ0) is 12.1. The molecule has 0 aliphatic carbocycles. The first-order chi connectivity index (χ1) is 7.50. The lowest BCUT2D eigenvalue weighted by molar-refractivity contribution is -0.125. The highest BCUT2D eigenvalue weighted by Gasteiger charge is 2.10. The largest absolute Gasteiger partial charge is 0.508 e. The quantitative estimate of drug-likeness (QED) is 0.443. The fourth-order valence-corrected chi connectivity index (χ4v) is 1.15. The van der Waals surface area contributed by atoms with E-state index >= 15 is 0 Å². The number of phenols is 2. The van der Waals surface area contributed by atoms with Crippen molar-refractivity contribution in [3.05, 3.63) is 23.8 Å². The Labute approximate surface area is 92.3 Å². The molecule has 0 saturated carbocycles. The highest BCUT2D eigenvalue weighted by molar-refractivity contribution is 5.78. The van der Waals surface area contributed by atoms with E-state index in [2.05, 4.69) is 5.32 Å². The van der Waals surface area contributed by atoms with Crippen LogP contribution in [0.25, 0.3) is 0 Å². The fourth-order valence-electron chi connectivity index (χ4n) is 1.15. The normalized spacial score (nSPS) is 12.3. The zero-order valence-corrected chi connectivity index (χ0v) is 8.55.